The predicted octanol–water partition coefficient (Wildman–Crippen LogP) is 2.02. The Bertz CT molecular complexity index is 417. The molecule has 1 unspecified atom stereocenters. The van der Waals surface area contributed by atoms with Crippen LogP contribution in [0.2, 0.25) is 5.02 Å². The molecule has 0 aliphatic carbocycles. The molecule has 0 saturated carbocycles. The zero-order valence-corrected chi connectivity index (χ0v) is 10.7. The topological polar surface area (TPSA) is 50.7 Å². The number of phenolic OH excluding ortho intramolecular Hbond substituents is 1. The lowest BCUT2D eigenvalue weighted by Gasteiger charge is -2.27. The third-order valence-corrected chi connectivity index (χ3v) is 3.35. The van der Waals surface area contributed by atoms with Crippen LogP contribution in [0.3, 0.4) is 0 Å². The molecule has 1 saturated heterocycles. The standard InChI is InChI=1S/C12H16ClNO3/c1-7-8(13)5-9(15)12(16-2)11(7)10-6-14-3-4-17-10/h5,10,14-15H,3-4,6H2,1-2H3. The molecule has 1 aliphatic rings. The van der Waals surface area contributed by atoms with Crippen molar-refractivity contribution >= 4 is 11.6 Å². The summed E-state index contributed by atoms with van der Waals surface area (Å²) in [5.41, 5.74) is 1.71. The number of methoxy groups -OCH3 is 1. The molecule has 94 valence electrons. The number of morpholine rings is 1. The van der Waals surface area contributed by atoms with Crippen molar-refractivity contribution < 1.29 is 14.6 Å². The number of rotatable bonds is 2. The van der Waals surface area contributed by atoms with E-state index in [4.69, 9.17) is 21.1 Å². The van der Waals surface area contributed by atoms with E-state index in [1.807, 2.05) is 6.92 Å². The number of ether oxygens (including phenoxy) is 2. The van der Waals surface area contributed by atoms with Gasteiger partial charge in [0.2, 0.25) is 0 Å². The molecule has 1 aromatic carbocycles. The average molecular weight is 258 g/mol. The summed E-state index contributed by atoms with van der Waals surface area (Å²) >= 11 is 6.08. The van der Waals surface area contributed by atoms with Crippen molar-refractivity contribution in [1.29, 1.82) is 0 Å². The summed E-state index contributed by atoms with van der Waals surface area (Å²) in [5, 5.41) is 13.6. The number of hydrogen-bond acceptors (Lipinski definition) is 4. The van der Waals surface area contributed by atoms with Gasteiger partial charge < -0.3 is 19.9 Å². The normalized spacial score (nSPS) is 20.3. The first-order chi connectivity index (χ1) is 8.15. The molecule has 1 fully saturated rings. The van der Waals surface area contributed by atoms with Crippen LogP contribution in [0, 0.1) is 6.92 Å². The monoisotopic (exact) mass is 257 g/mol. The highest BCUT2D eigenvalue weighted by Gasteiger charge is 2.25. The lowest BCUT2D eigenvalue weighted by molar-refractivity contribution is 0.0257. The van der Waals surface area contributed by atoms with Crippen molar-refractivity contribution in [2.75, 3.05) is 26.8 Å². The lowest BCUT2D eigenvalue weighted by atomic mass is 10.0. The number of aromatic hydroxyl groups is 1. The zero-order valence-electron chi connectivity index (χ0n) is 9.92. The van der Waals surface area contributed by atoms with E-state index < -0.39 is 0 Å². The minimum atomic E-state index is -0.136. The SMILES string of the molecule is COc1c(O)cc(Cl)c(C)c1C1CNCCO1. The van der Waals surface area contributed by atoms with Crippen LogP contribution < -0.4 is 10.1 Å². The summed E-state index contributed by atoms with van der Waals surface area (Å²) in [4.78, 5) is 0. The second kappa shape index (κ2) is 5.12. The van der Waals surface area contributed by atoms with Crippen LogP contribution in [-0.2, 0) is 4.74 Å². The molecule has 0 radical (unpaired) electrons. The summed E-state index contributed by atoms with van der Waals surface area (Å²) in [7, 11) is 1.53. The van der Waals surface area contributed by atoms with Crippen LogP contribution in [-0.4, -0.2) is 31.9 Å². The Morgan fingerprint density at radius 3 is 2.94 bits per heavy atom. The largest absolute Gasteiger partial charge is 0.504 e. The molecule has 0 amide bonds. The van der Waals surface area contributed by atoms with Gasteiger partial charge in [0, 0.05) is 29.7 Å². The van der Waals surface area contributed by atoms with Gasteiger partial charge >= 0.3 is 0 Å². The molecular formula is C12H16ClNO3. The van der Waals surface area contributed by atoms with Crippen LogP contribution >= 0.6 is 11.6 Å². The number of hydrogen-bond donors (Lipinski definition) is 2. The van der Waals surface area contributed by atoms with Gasteiger partial charge in [-0.05, 0) is 12.5 Å². The van der Waals surface area contributed by atoms with Gasteiger partial charge in [0.15, 0.2) is 11.5 Å². The summed E-state index contributed by atoms with van der Waals surface area (Å²) in [5.74, 6) is 0.493. The first-order valence-electron chi connectivity index (χ1n) is 5.53. The van der Waals surface area contributed by atoms with Crippen molar-refractivity contribution in [3.8, 4) is 11.5 Å². The quantitative estimate of drug-likeness (QED) is 0.851. The zero-order chi connectivity index (χ0) is 12.4. The molecule has 0 spiro atoms. The smallest absolute Gasteiger partial charge is 0.166 e. The molecule has 4 nitrogen and oxygen atoms in total. The second-order valence-corrected chi connectivity index (χ2v) is 4.42. The van der Waals surface area contributed by atoms with E-state index in [0.717, 1.165) is 17.7 Å². The fourth-order valence-corrected chi connectivity index (χ4v) is 2.29. The maximum atomic E-state index is 9.84. The minimum absolute atomic E-state index is 0.0484. The molecule has 2 rings (SSSR count). The van der Waals surface area contributed by atoms with Crippen molar-refractivity contribution in [3.63, 3.8) is 0 Å². The molecule has 0 bridgehead atoms. The van der Waals surface area contributed by atoms with Crippen molar-refractivity contribution in [3.05, 3.63) is 22.2 Å². The van der Waals surface area contributed by atoms with Crippen LogP contribution in [0.1, 0.15) is 17.2 Å². The number of benzene rings is 1. The number of halogens is 1. The summed E-state index contributed by atoms with van der Waals surface area (Å²) in [6, 6.07) is 1.50. The van der Waals surface area contributed by atoms with Crippen molar-refractivity contribution in [2.24, 2.45) is 0 Å². The first kappa shape index (κ1) is 12.5. The van der Waals surface area contributed by atoms with E-state index >= 15 is 0 Å². The number of nitrogens with one attached hydrogen (secondary N) is 1. The predicted molar refractivity (Wildman–Crippen MR) is 66.0 cm³/mol. The summed E-state index contributed by atoms with van der Waals surface area (Å²) < 4.78 is 10.9. The Morgan fingerprint density at radius 2 is 2.35 bits per heavy atom. The third-order valence-electron chi connectivity index (χ3n) is 2.96. The minimum Gasteiger partial charge on any atom is -0.504 e. The summed E-state index contributed by atoms with van der Waals surface area (Å²) in [6.45, 7) is 4.07. The van der Waals surface area contributed by atoms with Gasteiger partial charge in [-0.1, -0.05) is 11.6 Å². The van der Waals surface area contributed by atoms with Gasteiger partial charge in [-0.2, -0.15) is 0 Å². The third kappa shape index (κ3) is 2.34. The van der Waals surface area contributed by atoms with Gasteiger partial charge in [0.1, 0.15) is 0 Å². The van der Waals surface area contributed by atoms with Crippen molar-refractivity contribution in [1.82, 2.24) is 5.32 Å². The molecule has 1 heterocycles. The molecule has 1 aliphatic heterocycles. The van der Waals surface area contributed by atoms with Gasteiger partial charge in [-0.15, -0.1) is 0 Å². The van der Waals surface area contributed by atoms with E-state index in [1.165, 1.54) is 13.2 Å². The molecular weight excluding hydrogens is 242 g/mol. The molecule has 17 heavy (non-hydrogen) atoms. The average Bonchev–Trinajstić information content (AvgIpc) is 2.34. The fourth-order valence-electron chi connectivity index (χ4n) is 2.08. The van der Waals surface area contributed by atoms with Crippen molar-refractivity contribution in [2.45, 2.75) is 13.0 Å². The van der Waals surface area contributed by atoms with Crippen LogP contribution in [0.5, 0.6) is 11.5 Å². The Morgan fingerprint density at radius 1 is 1.59 bits per heavy atom. The van der Waals surface area contributed by atoms with Gasteiger partial charge in [-0.3, -0.25) is 0 Å². The molecule has 1 atom stereocenters. The van der Waals surface area contributed by atoms with Gasteiger partial charge in [-0.25, -0.2) is 0 Å². The highest BCUT2D eigenvalue weighted by molar-refractivity contribution is 6.31. The Kier molecular flexibility index (Phi) is 3.76. The highest BCUT2D eigenvalue weighted by Crippen LogP contribution is 2.41. The van der Waals surface area contributed by atoms with E-state index in [9.17, 15) is 5.11 Å². The van der Waals surface area contributed by atoms with Gasteiger partial charge in [0.25, 0.3) is 0 Å². The maximum Gasteiger partial charge on any atom is 0.166 e. The molecule has 2 N–H and O–H groups in total. The van der Waals surface area contributed by atoms with Crippen LogP contribution in [0.15, 0.2) is 6.07 Å². The van der Waals surface area contributed by atoms with Gasteiger partial charge in [0.05, 0.1) is 19.8 Å². The van der Waals surface area contributed by atoms with Crippen LogP contribution in [0.4, 0.5) is 0 Å². The second-order valence-electron chi connectivity index (χ2n) is 4.01. The highest BCUT2D eigenvalue weighted by atomic mass is 35.5. The maximum absolute atomic E-state index is 9.84. The first-order valence-corrected chi connectivity index (χ1v) is 5.91. The molecule has 0 aromatic heterocycles. The van der Waals surface area contributed by atoms with Crippen LogP contribution in [0.25, 0.3) is 0 Å². The lowest BCUT2D eigenvalue weighted by Crippen LogP contribution is -2.33. The Labute approximate surface area is 105 Å². The molecule has 1 aromatic rings. The van der Waals surface area contributed by atoms with E-state index in [0.29, 0.717) is 23.9 Å². The fraction of sp³-hybridized carbons (Fsp3) is 0.500. The van der Waals surface area contributed by atoms with E-state index in [1.54, 1.807) is 0 Å². The Balaban J connectivity index is 2.48. The number of phenols is 1. The van der Waals surface area contributed by atoms with E-state index in [2.05, 4.69) is 5.32 Å². The van der Waals surface area contributed by atoms with E-state index in [-0.39, 0.29) is 11.9 Å². The molecule has 5 heteroatoms. The Hall–Kier alpha value is -0.970. The summed E-state index contributed by atoms with van der Waals surface area (Å²) in [6.07, 6.45) is -0.136.